The number of rotatable bonds is 9. The predicted molar refractivity (Wildman–Crippen MR) is 89.9 cm³/mol. The lowest BCUT2D eigenvalue weighted by atomic mass is 10.1. The monoisotopic (exact) mass is 293 g/mol. The third-order valence-corrected chi connectivity index (χ3v) is 3.54. The van der Waals surface area contributed by atoms with Gasteiger partial charge in [0.05, 0.1) is 12.6 Å². The standard InChI is InChI=1S/C17H31N3O/c1-7-20(15(5)12-21-6)17-14(4)8-16(11-19-17)10-18-9-13(2)3/h8,11,13,15,18H,7,9-10,12H2,1-6H3. The van der Waals surface area contributed by atoms with E-state index in [1.54, 1.807) is 7.11 Å². The maximum absolute atomic E-state index is 5.27. The quantitative estimate of drug-likeness (QED) is 0.759. The Hall–Kier alpha value is -1.13. The molecule has 21 heavy (non-hydrogen) atoms. The Morgan fingerprint density at radius 2 is 2.05 bits per heavy atom. The molecule has 0 aliphatic rings. The summed E-state index contributed by atoms with van der Waals surface area (Å²) < 4.78 is 5.27. The molecule has 0 bridgehead atoms. The van der Waals surface area contributed by atoms with E-state index in [4.69, 9.17) is 4.74 Å². The molecule has 1 rings (SSSR count). The number of anilines is 1. The van der Waals surface area contributed by atoms with Crippen LogP contribution >= 0.6 is 0 Å². The van der Waals surface area contributed by atoms with Gasteiger partial charge < -0.3 is 15.0 Å². The number of pyridine rings is 1. The summed E-state index contributed by atoms with van der Waals surface area (Å²) in [5.41, 5.74) is 2.47. The molecule has 0 aromatic carbocycles. The lowest BCUT2D eigenvalue weighted by Crippen LogP contribution is -2.37. The predicted octanol–water partition coefficient (Wildman–Crippen LogP) is 3.00. The van der Waals surface area contributed by atoms with Crippen molar-refractivity contribution in [2.45, 2.75) is 47.2 Å². The Balaban J connectivity index is 2.76. The highest BCUT2D eigenvalue weighted by molar-refractivity contribution is 5.48. The Morgan fingerprint density at radius 1 is 1.33 bits per heavy atom. The molecule has 1 aromatic rings. The molecule has 1 heterocycles. The molecule has 0 aliphatic heterocycles. The molecule has 0 radical (unpaired) electrons. The Kier molecular flexibility index (Phi) is 7.68. The van der Waals surface area contributed by atoms with Gasteiger partial charge in [-0.1, -0.05) is 13.8 Å². The molecule has 1 unspecified atom stereocenters. The molecular formula is C17H31N3O. The molecule has 1 aromatic heterocycles. The van der Waals surface area contributed by atoms with Crippen molar-refractivity contribution in [2.24, 2.45) is 5.92 Å². The number of hydrogen-bond acceptors (Lipinski definition) is 4. The van der Waals surface area contributed by atoms with E-state index in [-0.39, 0.29) is 0 Å². The lowest BCUT2D eigenvalue weighted by Gasteiger charge is -2.30. The van der Waals surface area contributed by atoms with Crippen molar-refractivity contribution in [2.75, 3.05) is 31.7 Å². The minimum absolute atomic E-state index is 0.330. The van der Waals surface area contributed by atoms with Crippen LogP contribution in [-0.2, 0) is 11.3 Å². The van der Waals surface area contributed by atoms with Crippen LogP contribution in [0.1, 0.15) is 38.8 Å². The van der Waals surface area contributed by atoms with Crippen LogP contribution in [0, 0.1) is 12.8 Å². The second-order valence-electron chi connectivity index (χ2n) is 6.10. The summed E-state index contributed by atoms with van der Waals surface area (Å²) in [6, 6.07) is 2.56. The normalized spacial score (nSPS) is 12.7. The zero-order chi connectivity index (χ0) is 15.8. The van der Waals surface area contributed by atoms with Crippen LogP contribution in [0.2, 0.25) is 0 Å². The first-order valence-electron chi connectivity index (χ1n) is 7.91. The highest BCUT2D eigenvalue weighted by Crippen LogP contribution is 2.20. The van der Waals surface area contributed by atoms with Crippen LogP contribution in [-0.4, -0.2) is 37.8 Å². The SMILES string of the molecule is CCN(c1ncc(CNCC(C)C)cc1C)C(C)COC. The molecule has 1 N–H and O–H groups in total. The van der Waals surface area contributed by atoms with Gasteiger partial charge in [0.25, 0.3) is 0 Å². The van der Waals surface area contributed by atoms with Crippen LogP contribution < -0.4 is 10.2 Å². The summed E-state index contributed by atoms with van der Waals surface area (Å²) in [5.74, 6) is 1.73. The smallest absolute Gasteiger partial charge is 0.131 e. The average Bonchev–Trinajstić information content (AvgIpc) is 2.42. The molecule has 0 amide bonds. The first-order valence-corrected chi connectivity index (χ1v) is 7.91. The van der Waals surface area contributed by atoms with Crippen molar-refractivity contribution in [3.63, 3.8) is 0 Å². The average molecular weight is 293 g/mol. The second kappa shape index (κ2) is 9.00. The summed E-state index contributed by atoms with van der Waals surface area (Å²) in [6.45, 7) is 14.5. The molecule has 0 fully saturated rings. The summed E-state index contributed by atoms with van der Waals surface area (Å²) in [7, 11) is 1.74. The molecule has 1 atom stereocenters. The molecular weight excluding hydrogens is 262 g/mol. The summed E-state index contributed by atoms with van der Waals surface area (Å²) in [4.78, 5) is 6.98. The van der Waals surface area contributed by atoms with Crippen molar-refractivity contribution in [1.82, 2.24) is 10.3 Å². The summed E-state index contributed by atoms with van der Waals surface area (Å²) in [5, 5.41) is 3.46. The molecule has 0 aliphatic carbocycles. The largest absolute Gasteiger partial charge is 0.383 e. The van der Waals surface area contributed by atoms with Crippen molar-refractivity contribution < 1.29 is 4.74 Å². The van der Waals surface area contributed by atoms with Crippen LogP contribution in [0.4, 0.5) is 5.82 Å². The van der Waals surface area contributed by atoms with E-state index in [2.05, 4.69) is 55.9 Å². The van der Waals surface area contributed by atoms with Crippen molar-refractivity contribution in [1.29, 1.82) is 0 Å². The maximum Gasteiger partial charge on any atom is 0.131 e. The molecule has 0 spiro atoms. The number of ether oxygens (including phenoxy) is 1. The van der Waals surface area contributed by atoms with Crippen LogP contribution in [0.15, 0.2) is 12.3 Å². The fourth-order valence-electron chi connectivity index (χ4n) is 2.53. The summed E-state index contributed by atoms with van der Waals surface area (Å²) in [6.07, 6.45) is 1.98. The van der Waals surface area contributed by atoms with Gasteiger partial charge in [-0.2, -0.15) is 0 Å². The Morgan fingerprint density at radius 3 is 2.57 bits per heavy atom. The van der Waals surface area contributed by atoms with Gasteiger partial charge in [0.1, 0.15) is 5.82 Å². The fraction of sp³-hybridized carbons (Fsp3) is 0.706. The van der Waals surface area contributed by atoms with E-state index in [0.29, 0.717) is 18.6 Å². The molecule has 4 heteroatoms. The van der Waals surface area contributed by atoms with Crippen LogP contribution in [0.5, 0.6) is 0 Å². The first kappa shape index (κ1) is 17.9. The minimum Gasteiger partial charge on any atom is -0.383 e. The maximum atomic E-state index is 5.27. The van der Waals surface area contributed by atoms with E-state index in [9.17, 15) is 0 Å². The molecule has 0 saturated heterocycles. The number of aromatic nitrogens is 1. The van der Waals surface area contributed by atoms with Gasteiger partial charge in [-0.25, -0.2) is 4.98 Å². The van der Waals surface area contributed by atoms with Crippen molar-refractivity contribution >= 4 is 5.82 Å². The van der Waals surface area contributed by atoms with Gasteiger partial charge in [0.2, 0.25) is 0 Å². The number of nitrogens with zero attached hydrogens (tertiary/aromatic N) is 2. The van der Waals surface area contributed by atoms with E-state index in [1.165, 1.54) is 11.1 Å². The van der Waals surface area contributed by atoms with Gasteiger partial charge in [0, 0.05) is 26.4 Å². The Bertz CT molecular complexity index is 420. The number of methoxy groups -OCH3 is 1. The van der Waals surface area contributed by atoms with E-state index in [0.717, 1.165) is 25.5 Å². The number of hydrogen-bond donors (Lipinski definition) is 1. The third kappa shape index (κ3) is 5.64. The lowest BCUT2D eigenvalue weighted by molar-refractivity contribution is 0.181. The Labute approximate surface area is 129 Å². The molecule has 120 valence electrons. The fourth-order valence-corrected chi connectivity index (χ4v) is 2.53. The highest BCUT2D eigenvalue weighted by Gasteiger charge is 2.16. The van der Waals surface area contributed by atoms with Crippen LogP contribution in [0.3, 0.4) is 0 Å². The second-order valence-corrected chi connectivity index (χ2v) is 6.10. The third-order valence-electron chi connectivity index (χ3n) is 3.54. The van der Waals surface area contributed by atoms with Crippen molar-refractivity contribution in [3.05, 3.63) is 23.4 Å². The number of aryl methyl sites for hydroxylation is 1. The zero-order valence-electron chi connectivity index (χ0n) is 14.4. The van der Waals surface area contributed by atoms with Crippen LogP contribution in [0.25, 0.3) is 0 Å². The van der Waals surface area contributed by atoms with E-state index < -0.39 is 0 Å². The highest BCUT2D eigenvalue weighted by atomic mass is 16.5. The number of nitrogens with one attached hydrogen (secondary N) is 1. The number of likely N-dealkylation sites (N-methyl/N-ethyl adjacent to an activating group) is 1. The minimum atomic E-state index is 0.330. The molecule has 0 saturated carbocycles. The van der Waals surface area contributed by atoms with Gasteiger partial charge in [-0.15, -0.1) is 0 Å². The van der Waals surface area contributed by atoms with Crippen molar-refractivity contribution in [3.8, 4) is 0 Å². The topological polar surface area (TPSA) is 37.4 Å². The van der Waals surface area contributed by atoms with Gasteiger partial charge >= 0.3 is 0 Å². The van der Waals surface area contributed by atoms with Gasteiger partial charge in [0.15, 0.2) is 0 Å². The zero-order valence-corrected chi connectivity index (χ0v) is 14.4. The van der Waals surface area contributed by atoms with Gasteiger partial charge in [-0.05, 0) is 50.4 Å². The van der Waals surface area contributed by atoms with Gasteiger partial charge in [-0.3, -0.25) is 0 Å². The van der Waals surface area contributed by atoms with E-state index >= 15 is 0 Å². The summed E-state index contributed by atoms with van der Waals surface area (Å²) >= 11 is 0. The van der Waals surface area contributed by atoms with E-state index in [1.807, 2.05) is 6.20 Å². The first-order chi connectivity index (χ1) is 9.99. The molecule has 4 nitrogen and oxygen atoms in total.